The number of hydrogen-bond donors (Lipinski definition) is 1. The molecule has 1 aromatic carbocycles. The number of aromatic amines is 1. The summed E-state index contributed by atoms with van der Waals surface area (Å²) >= 11 is 0. The minimum absolute atomic E-state index is 0.231. The topological polar surface area (TPSA) is 80.8 Å². The van der Waals surface area contributed by atoms with Crippen molar-refractivity contribution >= 4 is 11.2 Å². The van der Waals surface area contributed by atoms with Crippen LogP contribution in [0.1, 0.15) is 0 Å². The first-order chi connectivity index (χ1) is 9.28. The van der Waals surface area contributed by atoms with Gasteiger partial charge in [-0.25, -0.2) is 15.0 Å². The van der Waals surface area contributed by atoms with Gasteiger partial charge in [0.25, 0.3) is 5.56 Å². The molecule has 0 radical (unpaired) electrons. The Balaban J connectivity index is 2.22. The minimum atomic E-state index is -0.309. The Kier molecular flexibility index (Phi) is 2.68. The monoisotopic (exact) mass is 254 g/mol. The van der Waals surface area contributed by atoms with Crippen molar-refractivity contribution in [2.75, 3.05) is 7.11 Å². The highest BCUT2D eigenvalue weighted by molar-refractivity contribution is 5.71. The van der Waals surface area contributed by atoms with Crippen molar-refractivity contribution in [3.63, 3.8) is 0 Å². The standard InChI is InChI=1S/C13H10N4O2/c1-19-9-4-2-3-8(7-9)11-16-12-10(13(18)17-11)14-5-6-15-12/h2-7H,1H3,(H,15,16,17,18). The molecule has 1 N–H and O–H groups in total. The Labute approximate surface area is 108 Å². The molecule has 0 fully saturated rings. The number of ether oxygens (including phenoxy) is 1. The van der Waals surface area contributed by atoms with Gasteiger partial charge in [0, 0.05) is 18.0 Å². The van der Waals surface area contributed by atoms with Crippen LogP contribution in [0.25, 0.3) is 22.6 Å². The average Bonchev–Trinajstić information content (AvgIpc) is 2.47. The second kappa shape index (κ2) is 4.49. The third-order valence-corrected chi connectivity index (χ3v) is 2.69. The van der Waals surface area contributed by atoms with Crippen LogP contribution < -0.4 is 10.3 Å². The van der Waals surface area contributed by atoms with Crippen LogP contribution in [-0.4, -0.2) is 27.0 Å². The fourth-order valence-electron chi connectivity index (χ4n) is 1.78. The lowest BCUT2D eigenvalue weighted by Gasteiger charge is -2.04. The average molecular weight is 254 g/mol. The first kappa shape index (κ1) is 11.3. The van der Waals surface area contributed by atoms with E-state index in [4.69, 9.17) is 4.74 Å². The van der Waals surface area contributed by atoms with E-state index >= 15 is 0 Å². The summed E-state index contributed by atoms with van der Waals surface area (Å²) in [6.45, 7) is 0. The molecule has 0 aliphatic rings. The Morgan fingerprint density at radius 2 is 2.05 bits per heavy atom. The molecule has 0 saturated carbocycles. The molecule has 94 valence electrons. The lowest BCUT2D eigenvalue weighted by molar-refractivity contribution is 0.415. The molecule has 0 spiro atoms. The third kappa shape index (κ3) is 2.03. The SMILES string of the molecule is COc1cccc(-c2nc3nccnc3c(=O)[nH]2)c1. The largest absolute Gasteiger partial charge is 0.497 e. The summed E-state index contributed by atoms with van der Waals surface area (Å²) in [5.74, 6) is 1.14. The first-order valence-electron chi connectivity index (χ1n) is 5.63. The summed E-state index contributed by atoms with van der Waals surface area (Å²) in [5, 5.41) is 0. The highest BCUT2D eigenvalue weighted by Gasteiger charge is 2.07. The van der Waals surface area contributed by atoms with E-state index in [1.165, 1.54) is 12.4 Å². The van der Waals surface area contributed by atoms with E-state index in [2.05, 4.69) is 19.9 Å². The molecule has 19 heavy (non-hydrogen) atoms. The first-order valence-corrected chi connectivity index (χ1v) is 5.63. The Bertz CT molecular complexity index is 798. The Morgan fingerprint density at radius 1 is 1.21 bits per heavy atom. The zero-order valence-corrected chi connectivity index (χ0v) is 10.1. The molecule has 0 unspecified atom stereocenters. The highest BCUT2D eigenvalue weighted by Crippen LogP contribution is 2.20. The maximum Gasteiger partial charge on any atom is 0.279 e. The van der Waals surface area contributed by atoms with Gasteiger partial charge in [0.1, 0.15) is 11.6 Å². The zero-order valence-electron chi connectivity index (χ0n) is 10.1. The number of benzene rings is 1. The van der Waals surface area contributed by atoms with Crippen molar-refractivity contribution in [3.05, 3.63) is 47.0 Å². The number of rotatable bonds is 2. The fraction of sp³-hybridized carbons (Fsp3) is 0.0769. The van der Waals surface area contributed by atoms with Gasteiger partial charge in [-0.05, 0) is 12.1 Å². The molecule has 0 amide bonds. The molecule has 0 aliphatic heterocycles. The number of fused-ring (bicyclic) bond motifs is 1. The van der Waals surface area contributed by atoms with Crippen molar-refractivity contribution in [3.8, 4) is 17.1 Å². The molecule has 0 atom stereocenters. The van der Waals surface area contributed by atoms with E-state index in [9.17, 15) is 4.79 Å². The molecule has 3 aromatic rings. The molecule has 6 heteroatoms. The zero-order chi connectivity index (χ0) is 13.2. The number of aromatic nitrogens is 4. The number of hydrogen-bond acceptors (Lipinski definition) is 5. The molecular weight excluding hydrogens is 244 g/mol. The second-order valence-corrected chi connectivity index (χ2v) is 3.88. The second-order valence-electron chi connectivity index (χ2n) is 3.88. The van der Waals surface area contributed by atoms with Crippen LogP contribution in [0.3, 0.4) is 0 Å². The van der Waals surface area contributed by atoms with Crippen LogP contribution in [0.15, 0.2) is 41.5 Å². The third-order valence-electron chi connectivity index (χ3n) is 2.69. The van der Waals surface area contributed by atoms with Crippen LogP contribution in [0.5, 0.6) is 5.75 Å². The predicted octanol–water partition coefficient (Wildman–Crippen LogP) is 1.39. The van der Waals surface area contributed by atoms with Crippen molar-refractivity contribution in [2.45, 2.75) is 0 Å². The summed E-state index contributed by atoms with van der Waals surface area (Å²) in [4.78, 5) is 26.9. The van der Waals surface area contributed by atoms with Crippen LogP contribution >= 0.6 is 0 Å². The smallest absolute Gasteiger partial charge is 0.279 e. The van der Waals surface area contributed by atoms with Gasteiger partial charge < -0.3 is 9.72 Å². The summed E-state index contributed by atoms with van der Waals surface area (Å²) in [6, 6.07) is 7.28. The van der Waals surface area contributed by atoms with Crippen molar-refractivity contribution < 1.29 is 4.74 Å². The van der Waals surface area contributed by atoms with E-state index in [-0.39, 0.29) is 11.1 Å². The van der Waals surface area contributed by atoms with Gasteiger partial charge in [-0.1, -0.05) is 12.1 Å². The maximum atomic E-state index is 11.9. The van der Waals surface area contributed by atoms with Crippen molar-refractivity contribution in [1.82, 2.24) is 19.9 Å². The maximum absolute atomic E-state index is 11.9. The van der Waals surface area contributed by atoms with Gasteiger partial charge in [0.2, 0.25) is 0 Å². The van der Waals surface area contributed by atoms with E-state index in [1.807, 2.05) is 18.2 Å². The number of nitrogens with one attached hydrogen (secondary N) is 1. The van der Waals surface area contributed by atoms with Gasteiger partial charge >= 0.3 is 0 Å². The quantitative estimate of drug-likeness (QED) is 0.747. The number of methoxy groups -OCH3 is 1. The molecule has 6 nitrogen and oxygen atoms in total. The van der Waals surface area contributed by atoms with Gasteiger partial charge in [0.15, 0.2) is 11.2 Å². The van der Waals surface area contributed by atoms with Crippen molar-refractivity contribution in [1.29, 1.82) is 0 Å². The molecule has 0 aliphatic carbocycles. The summed E-state index contributed by atoms with van der Waals surface area (Å²) in [6.07, 6.45) is 2.97. The number of H-pyrrole nitrogens is 1. The summed E-state index contributed by atoms with van der Waals surface area (Å²) in [5.41, 5.74) is 0.998. The molecular formula is C13H10N4O2. The lowest BCUT2D eigenvalue weighted by Crippen LogP contribution is -2.11. The molecule has 2 aromatic heterocycles. The van der Waals surface area contributed by atoms with Gasteiger partial charge in [-0.15, -0.1) is 0 Å². The van der Waals surface area contributed by atoms with Crippen molar-refractivity contribution in [2.24, 2.45) is 0 Å². The van der Waals surface area contributed by atoms with E-state index in [1.54, 1.807) is 13.2 Å². The summed E-state index contributed by atoms with van der Waals surface area (Å²) < 4.78 is 5.15. The van der Waals surface area contributed by atoms with E-state index in [0.29, 0.717) is 17.2 Å². The van der Waals surface area contributed by atoms with E-state index in [0.717, 1.165) is 5.56 Å². The molecule has 0 bridgehead atoms. The van der Waals surface area contributed by atoms with Gasteiger partial charge in [-0.2, -0.15) is 0 Å². The number of nitrogens with zero attached hydrogens (tertiary/aromatic N) is 3. The lowest BCUT2D eigenvalue weighted by atomic mass is 10.2. The van der Waals surface area contributed by atoms with Crippen LogP contribution in [0, 0.1) is 0 Å². The minimum Gasteiger partial charge on any atom is -0.497 e. The van der Waals surface area contributed by atoms with Gasteiger partial charge in [-0.3, -0.25) is 4.79 Å². The Morgan fingerprint density at radius 3 is 2.89 bits per heavy atom. The van der Waals surface area contributed by atoms with E-state index < -0.39 is 0 Å². The predicted molar refractivity (Wildman–Crippen MR) is 69.9 cm³/mol. The van der Waals surface area contributed by atoms with Crippen LogP contribution in [0.4, 0.5) is 0 Å². The molecule has 3 rings (SSSR count). The van der Waals surface area contributed by atoms with Gasteiger partial charge in [0.05, 0.1) is 7.11 Å². The Hall–Kier alpha value is -2.76. The van der Waals surface area contributed by atoms with Crippen LogP contribution in [0.2, 0.25) is 0 Å². The summed E-state index contributed by atoms with van der Waals surface area (Å²) in [7, 11) is 1.58. The highest BCUT2D eigenvalue weighted by atomic mass is 16.5. The van der Waals surface area contributed by atoms with Crippen LogP contribution in [-0.2, 0) is 0 Å². The normalized spacial score (nSPS) is 10.6. The molecule has 0 saturated heterocycles. The fourth-order valence-corrected chi connectivity index (χ4v) is 1.78. The molecule has 2 heterocycles.